The topological polar surface area (TPSA) is 94.7 Å². The molecule has 1 aromatic heterocycles. The Balaban J connectivity index is 1.18. The summed E-state index contributed by atoms with van der Waals surface area (Å²) in [5.74, 6) is 0.148. The highest BCUT2D eigenvalue weighted by molar-refractivity contribution is 7.18. The van der Waals surface area contributed by atoms with Gasteiger partial charge in [0.05, 0.1) is 6.10 Å². The molecule has 1 atom stereocenters. The largest absolute Gasteiger partial charge is 0.392 e. The van der Waals surface area contributed by atoms with Crippen LogP contribution in [0.3, 0.4) is 0 Å². The quantitative estimate of drug-likeness (QED) is 0.439. The number of carbonyl (C=O) groups excluding carboxylic acids is 1. The minimum Gasteiger partial charge on any atom is -0.392 e. The van der Waals surface area contributed by atoms with Crippen molar-refractivity contribution in [2.24, 2.45) is 0 Å². The van der Waals surface area contributed by atoms with Gasteiger partial charge in [-0.3, -0.25) is 9.69 Å². The van der Waals surface area contributed by atoms with Crippen LogP contribution in [0, 0.1) is 6.92 Å². The molecular weight excluding hydrogens is 458 g/mol. The predicted molar refractivity (Wildman–Crippen MR) is 143 cm³/mol. The molecule has 0 amide bonds. The van der Waals surface area contributed by atoms with E-state index in [0.29, 0.717) is 21.6 Å². The second kappa shape index (κ2) is 10.4. The van der Waals surface area contributed by atoms with Crippen LogP contribution in [0.15, 0.2) is 48.5 Å². The van der Waals surface area contributed by atoms with E-state index in [4.69, 9.17) is 5.73 Å². The van der Waals surface area contributed by atoms with E-state index >= 15 is 0 Å². The Morgan fingerprint density at radius 1 is 1.06 bits per heavy atom. The lowest BCUT2D eigenvalue weighted by atomic mass is 9.98. The number of nitrogens with zero attached hydrogens (tertiary/aromatic N) is 3. The van der Waals surface area contributed by atoms with Crippen LogP contribution in [-0.4, -0.2) is 59.1 Å². The third-order valence-electron chi connectivity index (χ3n) is 7.07. The van der Waals surface area contributed by atoms with Crippen LogP contribution in [0.5, 0.6) is 0 Å². The number of nitrogens with one attached hydrogen (secondary N) is 1. The molecule has 1 unspecified atom stereocenters. The summed E-state index contributed by atoms with van der Waals surface area (Å²) in [4.78, 5) is 22.6. The van der Waals surface area contributed by atoms with Gasteiger partial charge in [0.2, 0.25) is 5.78 Å². The number of anilines is 4. The second-order valence-electron chi connectivity index (χ2n) is 9.61. The number of nitrogen functional groups attached to an aromatic ring is 1. The third-order valence-corrected chi connectivity index (χ3v) is 8.05. The zero-order valence-corrected chi connectivity index (χ0v) is 20.9. The number of likely N-dealkylation sites (tertiary alicyclic amines) is 1. The minimum absolute atomic E-state index is 0.106. The number of rotatable bonds is 6. The molecule has 2 aromatic carbocycles. The van der Waals surface area contributed by atoms with Gasteiger partial charge in [-0.15, -0.1) is 0 Å². The molecule has 5 rings (SSSR count). The lowest BCUT2D eigenvalue weighted by molar-refractivity contribution is 0.0398. The number of benzene rings is 2. The standard InChI is InChI=1S/C27H33N5O2S/c1-18-4-6-19(7-5-18)24(34)25-26(28)30-27(35-25)29-20-8-10-21(11-9-20)31-15-12-22(13-16-31)32-14-2-3-23(33)17-32/h4-11,22-23,33H,2-3,12-17,28H2,1H3,(H,29,30). The number of aliphatic hydroxyl groups is 1. The zero-order valence-electron chi connectivity index (χ0n) is 20.1. The average Bonchev–Trinajstić information content (AvgIpc) is 3.24. The molecule has 0 saturated carbocycles. The average molecular weight is 492 g/mol. The molecule has 0 bridgehead atoms. The lowest BCUT2D eigenvalue weighted by Gasteiger charge is -2.42. The van der Waals surface area contributed by atoms with Gasteiger partial charge in [-0.1, -0.05) is 41.2 Å². The van der Waals surface area contributed by atoms with Crippen molar-refractivity contribution in [1.29, 1.82) is 0 Å². The van der Waals surface area contributed by atoms with E-state index in [1.54, 1.807) is 0 Å². The molecule has 2 fully saturated rings. The smallest absolute Gasteiger partial charge is 0.206 e. The highest BCUT2D eigenvalue weighted by Crippen LogP contribution is 2.31. The van der Waals surface area contributed by atoms with Crippen molar-refractivity contribution in [3.63, 3.8) is 0 Å². The molecule has 0 aliphatic carbocycles. The van der Waals surface area contributed by atoms with Gasteiger partial charge >= 0.3 is 0 Å². The highest BCUT2D eigenvalue weighted by Gasteiger charge is 2.28. The van der Waals surface area contributed by atoms with Crippen LogP contribution in [0.1, 0.15) is 46.5 Å². The Morgan fingerprint density at radius 3 is 2.46 bits per heavy atom. The number of aryl methyl sites for hydroxylation is 1. The summed E-state index contributed by atoms with van der Waals surface area (Å²) in [6.07, 6.45) is 4.13. The van der Waals surface area contributed by atoms with Crippen molar-refractivity contribution in [3.05, 3.63) is 64.5 Å². The molecule has 4 N–H and O–H groups in total. The maximum Gasteiger partial charge on any atom is 0.206 e. The van der Waals surface area contributed by atoms with Gasteiger partial charge in [0.1, 0.15) is 10.7 Å². The fraction of sp³-hybridized carbons (Fsp3) is 0.407. The Morgan fingerprint density at radius 2 is 1.77 bits per heavy atom. The van der Waals surface area contributed by atoms with Crippen molar-refractivity contribution in [2.45, 2.75) is 44.8 Å². The van der Waals surface area contributed by atoms with E-state index in [1.165, 1.54) is 17.0 Å². The second-order valence-corrected chi connectivity index (χ2v) is 10.6. The van der Waals surface area contributed by atoms with Crippen molar-refractivity contribution in [2.75, 3.05) is 42.1 Å². The molecule has 2 aliphatic rings. The summed E-state index contributed by atoms with van der Waals surface area (Å²) in [6, 6.07) is 16.4. The molecule has 2 saturated heterocycles. The van der Waals surface area contributed by atoms with E-state index in [0.717, 1.165) is 63.1 Å². The predicted octanol–water partition coefficient (Wildman–Crippen LogP) is 4.43. The fourth-order valence-electron chi connectivity index (χ4n) is 5.07. The number of nitrogens with two attached hydrogens (primary N) is 1. The Hall–Kier alpha value is -2.94. The number of aromatic nitrogens is 1. The van der Waals surface area contributed by atoms with Crippen molar-refractivity contribution in [1.82, 2.24) is 9.88 Å². The Labute approximate surface area is 210 Å². The number of thiazole rings is 1. The first kappa shape index (κ1) is 23.8. The van der Waals surface area contributed by atoms with Crippen LogP contribution in [-0.2, 0) is 0 Å². The number of ketones is 1. The van der Waals surface area contributed by atoms with Crippen molar-refractivity contribution in [3.8, 4) is 0 Å². The molecule has 0 radical (unpaired) electrons. The van der Waals surface area contributed by atoms with Gasteiger partial charge in [0.25, 0.3) is 0 Å². The summed E-state index contributed by atoms with van der Waals surface area (Å²) >= 11 is 1.28. The molecule has 35 heavy (non-hydrogen) atoms. The van der Waals surface area contributed by atoms with E-state index in [2.05, 4.69) is 32.2 Å². The number of hydrogen-bond donors (Lipinski definition) is 3. The van der Waals surface area contributed by atoms with E-state index in [-0.39, 0.29) is 17.7 Å². The molecule has 0 spiro atoms. The minimum atomic E-state index is -0.160. The van der Waals surface area contributed by atoms with Gasteiger partial charge in [-0.25, -0.2) is 4.98 Å². The van der Waals surface area contributed by atoms with Gasteiger partial charge < -0.3 is 21.1 Å². The summed E-state index contributed by atoms with van der Waals surface area (Å²) < 4.78 is 0. The Kier molecular flexibility index (Phi) is 7.04. The summed E-state index contributed by atoms with van der Waals surface area (Å²) in [5.41, 5.74) is 9.91. The molecule has 2 aliphatic heterocycles. The maximum absolute atomic E-state index is 12.8. The van der Waals surface area contributed by atoms with Gasteiger partial charge in [-0.05, 0) is 63.4 Å². The van der Waals surface area contributed by atoms with Crippen LogP contribution in [0.2, 0.25) is 0 Å². The summed E-state index contributed by atoms with van der Waals surface area (Å²) in [5, 5.41) is 13.9. The van der Waals surface area contributed by atoms with E-state index in [1.807, 2.05) is 43.3 Å². The van der Waals surface area contributed by atoms with Gasteiger partial charge in [-0.2, -0.15) is 0 Å². The number of carbonyl (C=O) groups is 1. The van der Waals surface area contributed by atoms with Crippen LogP contribution in [0.4, 0.5) is 22.3 Å². The third kappa shape index (κ3) is 5.50. The SMILES string of the molecule is Cc1ccc(C(=O)c2sc(Nc3ccc(N4CCC(N5CCCC(O)C5)CC4)cc3)nc2N)cc1. The monoisotopic (exact) mass is 491 g/mol. The molecular formula is C27H33N5O2S. The molecule has 3 aromatic rings. The summed E-state index contributed by atoms with van der Waals surface area (Å²) in [6.45, 7) is 5.98. The maximum atomic E-state index is 12.8. The zero-order chi connectivity index (χ0) is 24.4. The molecule has 7 nitrogen and oxygen atoms in total. The Bertz CT molecular complexity index is 1150. The van der Waals surface area contributed by atoms with Gasteiger partial charge in [0.15, 0.2) is 5.13 Å². The molecule has 184 valence electrons. The van der Waals surface area contributed by atoms with Crippen molar-refractivity contribution < 1.29 is 9.90 Å². The highest BCUT2D eigenvalue weighted by atomic mass is 32.1. The van der Waals surface area contributed by atoms with Gasteiger partial charge in [0, 0.05) is 42.6 Å². The number of aliphatic hydroxyl groups excluding tert-OH is 1. The van der Waals surface area contributed by atoms with E-state index in [9.17, 15) is 9.90 Å². The summed E-state index contributed by atoms with van der Waals surface area (Å²) in [7, 11) is 0. The number of piperidine rings is 2. The lowest BCUT2D eigenvalue weighted by Crippen LogP contribution is -2.49. The first-order valence-electron chi connectivity index (χ1n) is 12.4. The fourth-order valence-corrected chi connectivity index (χ4v) is 5.93. The van der Waals surface area contributed by atoms with Crippen LogP contribution < -0.4 is 16.0 Å². The number of β-amino-alcohol motifs (C(OH)–C–C–N with tert-alkyl or cyclic N) is 1. The van der Waals surface area contributed by atoms with E-state index < -0.39 is 0 Å². The number of hydrogen-bond acceptors (Lipinski definition) is 8. The van der Waals surface area contributed by atoms with Crippen LogP contribution in [0.25, 0.3) is 0 Å². The first-order valence-corrected chi connectivity index (χ1v) is 13.2. The van der Waals surface area contributed by atoms with Crippen molar-refractivity contribution >= 4 is 39.4 Å². The normalized spacial score (nSPS) is 19.6. The molecule has 3 heterocycles. The first-order chi connectivity index (χ1) is 17.0. The van der Waals surface area contributed by atoms with Crippen LogP contribution >= 0.6 is 11.3 Å². The molecule has 8 heteroatoms.